The van der Waals surface area contributed by atoms with E-state index in [1.807, 2.05) is 31.3 Å². The van der Waals surface area contributed by atoms with Gasteiger partial charge in [0.1, 0.15) is 6.10 Å². The van der Waals surface area contributed by atoms with Crippen molar-refractivity contribution < 1.29 is 27.5 Å². The molecule has 10 nitrogen and oxygen atoms in total. The molecular weight excluding hydrogens is 484 g/mol. The molecule has 2 fully saturated rings. The standard InChI is InChI=1S/C25H32N4O6S/c1-17-14-27(25(31)35-22-7-9-34-10-8-22)24-12-19(5-6-23(24)29(17)18(2)30)20-13-26-28(15-20)21-4-3-11-36(32,33)16-21/h5-6,12-13,15,17,21-22H,3-4,7-11,14,16H2,1-2H3/t17-,21?/m0/s1. The van der Waals surface area contributed by atoms with Crippen LogP contribution in [-0.2, 0) is 24.1 Å². The molecule has 2 aromatic rings. The second-order valence-electron chi connectivity index (χ2n) is 9.87. The number of amides is 2. The van der Waals surface area contributed by atoms with Crippen molar-refractivity contribution in [1.29, 1.82) is 0 Å². The Hall–Kier alpha value is -2.92. The number of carbonyl (C=O) groups is 2. The lowest BCUT2D eigenvalue weighted by molar-refractivity contribution is -0.117. The zero-order valence-corrected chi connectivity index (χ0v) is 21.4. The van der Waals surface area contributed by atoms with Crippen LogP contribution in [0.2, 0.25) is 0 Å². The number of hydrogen-bond donors (Lipinski definition) is 0. The van der Waals surface area contributed by atoms with Crippen LogP contribution in [0.5, 0.6) is 0 Å². The second kappa shape index (κ2) is 9.85. The van der Waals surface area contributed by atoms with Gasteiger partial charge in [0.25, 0.3) is 0 Å². The molecule has 2 atom stereocenters. The van der Waals surface area contributed by atoms with Gasteiger partial charge in [0.05, 0.1) is 54.4 Å². The molecule has 1 aromatic carbocycles. The maximum absolute atomic E-state index is 13.3. The first-order chi connectivity index (χ1) is 17.2. The van der Waals surface area contributed by atoms with Gasteiger partial charge in [-0.3, -0.25) is 14.4 Å². The van der Waals surface area contributed by atoms with Crippen LogP contribution in [0.3, 0.4) is 0 Å². The molecule has 0 N–H and O–H groups in total. The van der Waals surface area contributed by atoms with Crippen LogP contribution < -0.4 is 9.80 Å². The lowest BCUT2D eigenvalue weighted by atomic mass is 10.0. The van der Waals surface area contributed by atoms with Gasteiger partial charge >= 0.3 is 6.09 Å². The molecular formula is C25H32N4O6S. The van der Waals surface area contributed by atoms with E-state index >= 15 is 0 Å². The summed E-state index contributed by atoms with van der Waals surface area (Å²) in [4.78, 5) is 29.0. The molecule has 0 bridgehead atoms. The molecule has 0 saturated carbocycles. The molecule has 3 aliphatic rings. The van der Waals surface area contributed by atoms with E-state index in [1.165, 1.54) is 6.92 Å². The topological polar surface area (TPSA) is 111 Å². The summed E-state index contributed by atoms with van der Waals surface area (Å²) in [6.45, 7) is 4.89. The summed E-state index contributed by atoms with van der Waals surface area (Å²) in [5.74, 6) is 0.225. The number of nitrogens with zero attached hydrogens (tertiary/aromatic N) is 4. The molecule has 0 aliphatic carbocycles. The third-order valence-electron chi connectivity index (χ3n) is 7.16. The van der Waals surface area contributed by atoms with E-state index < -0.39 is 15.9 Å². The highest BCUT2D eigenvalue weighted by molar-refractivity contribution is 7.91. The minimum Gasteiger partial charge on any atom is -0.446 e. The molecule has 4 heterocycles. The fraction of sp³-hybridized carbons (Fsp3) is 0.560. The first-order valence-electron chi connectivity index (χ1n) is 12.5. The Morgan fingerprint density at radius 1 is 1.11 bits per heavy atom. The van der Waals surface area contributed by atoms with Gasteiger partial charge in [0.2, 0.25) is 5.91 Å². The van der Waals surface area contributed by atoms with E-state index in [0.29, 0.717) is 50.4 Å². The lowest BCUT2D eigenvalue weighted by Crippen LogP contribution is -2.52. The summed E-state index contributed by atoms with van der Waals surface area (Å²) in [6.07, 6.45) is 5.66. The Labute approximate surface area is 211 Å². The molecule has 3 aliphatic heterocycles. The smallest absolute Gasteiger partial charge is 0.414 e. The van der Waals surface area contributed by atoms with Gasteiger partial charge in [-0.15, -0.1) is 0 Å². The first-order valence-corrected chi connectivity index (χ1v) is 14.3. The molecule has 2 saturated heterocycles. The van der Waals surface area contributed by atoms with Gasteiger partial charge in [-0.25, -0.2) is 13.2 Å². The van der Waals surface area contributed by atoms with Gasteiger partial charge < -0.3 is 14.4 Å². The average molecular weight is 517 g/mol. The summed E-state index contributed by atoms with van der Waals surface area (Å²) < 4.78 is 37.1. The predicted molar refractivity (Wildman–Crippen MR) is 135 cm³/mol. The highest BCUT2D eigenvalue weighted by Gasteiger charge is 2.36. The highest BCUT2D eigenvalue weighted by atomic mass is 32.2. The molecule has 5 rings (SSSR count). The largest absolute Gasteiger partial charge is 0.446 e. The van der Waals surface area contributed by atoms with Gasteiger partial charge in [-0.05, 0) is 37.5 Å². The minimum absolute atomic E-state index is 0.0929. The van der Waals surface area contributed by atoms with Crippen LogP contribution in [0.15, 0.2) is 30.6 Å². The van der Waals surface area contributed by atoms with Gasteiger partial charge in [0, 0.05) is 38.1 Å². The number of carbonyl (C=O) groups excluding carboxylic acids is 2. The van der Waals surface area contributed by atoms with Crippen molar-refractivity contribution in [3.8, 4) is 11.1 Å². The fourth-order valence-corrected chi connectivity index (χ4v) is 7.03. The molecule has 11 heteroatoms. The number of benzene rings is 1. The Kier molecular flexibility index (Phi) is 6.78. The van der Waals surface area contributed by atoms with E-state index in [1.54, 1.807) is 20.7 Å². The molecule has 2 amide bonds. The third kappa shape index (κ3) is 4.99. The molecule has 0 spiro atoms. The van der Waals surface area contributed by atoms with Crippen LogP contribution in [-0.4, -0.2) is 73.6 Å². The molecule has 36 heavy (non-hydrogen) atoms. The van der Waals surface area contributed by atoms with E-state index in [9.17, 15) is 18.0 Å². The van der Waals surface area contributed by atoms with Crippen LogP contribution in [0, 0.1) is 0 Å². The first kappa shape index (κ1) is 24.8. The Bertz CT molecular complexity index is 1250. The van der Waals surface area contributed by atoms with Crippen molar-refractivity contribution in [2.75, 3.05) is 41.1 Å². The van der Waals surface area contributed by atoms with Crippen LogP contribution in [0.1, 0.15) is 45.6 Å². The maximum atomic E-state index is 13.3. The lowest BCUT2D eigenvalue weighted by Gasteiger charge is -2.41. The Morgan fingerprint density at radius 2 is 1.89 bits per heavy atom. The highest BCUT2D eigenvalue weighted by Crippen LogP contribution is 2.39. The van der Waals surface area contributed by atoms with Gasteiger partial charge in [0.15, 0.2) is 9.84 Å². The summed E-state index contributed by atoms with van der Waals surface area (Å²) in [7, 11) is -3.06. The SMILES string of the molecule is CC(=O)N1c2ccc(-c3cnn(C4CCCS(=O)(=O)C4)c3)cc2N(C(=O)OC2CCOCC2)C[C@@H]1C. The number of rotatable bonds is 3. The van der Waals surface area contributed by atoms with Crippen molar-refractivity contribution in [2.24, 2.45) is 0 Å². The normalized spacial score (nSPS) is 24.3. The van der Waals surface area contributed by atoms with Crippen LogP contribution in [0.25, 0.3) is 11.1 Å². The summed E-state index contributed by atoms with van der Waals surface area (Å²) in [5, 5.41) is 4.45. The van der Waals surface area contributed by atoms with Crippen molar-refractivity contribution in [1.82, 2.24) is 9.78 Å². The zero-order valence-electron chi connectivity index (χ0n) is 20.6. The molecule has 194 valence electrons. The monoisotopic (exact) mass is 516 g/mol. The third-order valence-corrected chi connectivity index (χ3v) is 8.96. The summed E-state index contributed by atoms with van der Waals surface area (Å²) in [5.41, 5.74) is 2.89. The second-order valence-corrected chi connectivity index (χ2v) is 12.1. The van der Waals surface area contributed by atoms with Crippen molar-refractivity contribution in [3.05, 3.63) is 30.6 Å². The number of hydrogen-bond acceptors (Lipinski definition) is 7. The van der Waals surface area contributed by atoms with Gasteiger partial charge in [-0.1, -0.05) is 6.07 Å². The minimum atomic E-state index is -3.06. The van der Waals surface area contributed by atoms with Crippen LogP contribution >= 0.6 is 0 Å². The van der Waals surface area contributed by atoms with Gasteiger partial charge in [-0.2, -0.15) is 5.10 Å². The molecule has 1 unspecified atom stereocenters. The summed E-state index contributed by atoms with van der Waals surface area (Å²) in [6, 6.07) is 5.22. The quantitative estimate of drug-likeness (QED) is 0.616. The number of anilines is 2. The number of fused-ring (bicyclic) bond motifs is 1. The summed E-state index contributed by atoms with van der Waals surface area (Å²) >= 11 is 0. The number of ether oxygens (including phenoxy) is 2. The number of sulfone groups is 1. The molecule has 1 aromatic heterocycles. The van der Waals surface area contributed by atoms with Crippen molar-refractivity contribution >= 4 is 33.2 Å². The molecule has 0 radical (unpaired) electrons. The van der Waals surface area contributed by atoms with E-state index in [2.05, 4.69) is 5.10 Å². The predicted octanol–water partition coefficient (Wildman–Crippen LogP) is 3.18. The number of aromatic nitrogens is 2. The van der Waals surface area contributed by atoms with E-state index in [0.717, 1.165) is 17.5 Å². The maximum Gasteiger partial charge on any atom is 0.414 e. The van der Waals surface area contributed by atoms with Crippen molar-refractivity contribution in [3.63, 3.8) is 0 Å². The van der Waals surface area contributed by atoms with E-state index in [-0.39, 0.29) is 35.6 Å². The Balaban J connectivity index is 1.45. The van der Waals surface area contributed by atoms with Crippen LogP contribution in [0.4, 0.5) is 16.2 Å². The zero-order chi connectivity index (χ0) is 25.4. The van der Waals surface area contributed by atoms with E-state index in [4.69, 9.17) is 9.47 Å². The Morgan fingerprint density at radius 3 is 2.61 bits per heavy atom. The fourth-order valence-electron chi connectivity index (χ4n) is 5.35. The van der Waals surface area contributed by atoms with Crippen molar-refractivity contribution in [2.45, 2.75) is 57.7 Å². The average Bonchev–Trinajstić information content (AvgIpc) is 3.33.